The average molecular weight is 446 g/mol. The van der Waals surface area contributed by atoms with Crippen molar-refractivity contribution in [2.24, 2.45) is 0 Å². The van der Waals surface area contributed by atoms with E-state index in [1.165, 1.54) is 0 Å². The number of carbonyl (C=O) groups is 3. The van der Waals surface area contributed by atoms with Gasteiger partial charge in [-0.05, 0) is 62.4 Å². The summed E-state index contributed by atoms with van der Waals surface area (Å²) >= 11 is 3.32. The molecular weight excluding hydrogens is 422 g/mol. The van der Waals surface area contributed by atoms with Gasteiger partial charge in [0.15, 0.2) is 0 Å². The third-order valence-corrected chi connectivity index (χ3v) is 4.74. The van der Waals surface area contributed by atoms with Crippen molar-refractivity contribution in [3.63, 3.8) is 0 Å². The Hall–Kier alpha value is -2.67. The van der Waals surface area contributed by atoms with Crippen LogP contribution in [-0.2, 0) is 4.79 Å². The van der Waals surface area contributed by atoms with Crippen LogP contribution in [0.1, 0.15) is 41.0 Å². The van der Waals surface area contributed by atoms with Crippen LogP contribution in [0.25, 0.3) is 0 Å². The Balaban J connectivity index is 1.80. The quantitative estimate of drug-likeness (QED) is 0.650. The highest BCUT2D eigenvalue weighted by Gasteiger charge is 2.12. The van der Waals surface area contributed by atoms with Gasteiger partial charge in [-0.25, -0.2) is 0 Å². The van der Waals surface area contributed by atoms with Crippen LogP contribution in [0.2, 0.25) is 0 Å². The number of amides is 3. The zero-order chi connectivity index (χ0) is 20.5. The molecule has 0 bridgehead atoms. The van der Waals surface area contributed by atoms with Crippen LogP contribution in [-0.4, -0.2) is 42.3 Å². The maximum absolute atomic E-state index is 12.3. The predicted octanol–water partition coefficient (Wildman–Crippen LogP) is 3.69. The lowest BCUT2D eigenvalue weighted by Gasteiger charge is -2.18. The molecule has 6 nitrogen and oxygen atoms in total. The van der Waals surface area contributed by atoms with Gasteiger partial charge in [-0.2, -0.15) is 0 Å². The van der Waals surface area contributed by atoms with E-state index in [0.717, 1.165) is 4.47 Å². The number of rotatable bonds is 8. The Morgan fingerprint density at radius 2 is 1.46 bits per heavy atom. The lowest BCUT2D eigenvalue weighted by molar-refractivity contribution is -0.116. The highest BCUT2D eigenvalue weighted by molar-refractivity contribution is 9.10. The summed E-state index contributed by atoms with van der Waals surface area (Å²) in [4.78, 5) is 38.1. The molecule has 3 amide bonds. The van der Waals surface area contributed by atoms with E-state index >= 15 is 0 Å². The summed E-state index contributed by atoms with van der Waals surface area (Å²) in [7, 11) is 0. The van der Waals surface area contributed by atoms with Crippen molar-refractivity contribution >= 4 is 39.3 Å². The van der Waals surface area contributed by atoms with Gasteiger partial charge in [0.05, 0.1) is 0 Å². The van der Waals surface area contributed by atoms with E-state index in [2.05, 4.69) is 26.6 Å². The number of hydrogen-bond acceptors (Lipinski definition) is 3. The third-order valence-electron chi connectivity index (χ3n) is 4.21. The molecule has 2 aromatic rings. The van der Waals surface area contributed by atoms with Crippen LogP contribution >= 0.6 is 15.9 Å². The zero-order valence-electron chi connectivity index (χ0n) is 16.0. The van der Waals surface area contributed by atoms with Crippen LogP contribution in [0.4, 0.5) is 5.69 Å². The Labute approximate surface area is 173 Å². The summed E-state index contributed by atoms with van der Waals surface area (Å²) in [6, 6.07) is 13.8. The first kappa shape index (κ1) is 21.6. The summed E-state index contributed by atoms with van der Waals surface area (Å²) in [5, 5.41) is 5.48. The highest BCUT2D eigenvalue weighted by Crippen LogP contribution is 2.12. The first-order valence-electron chi connectivity index (χ1n) is 9.17. The number of benzene rings is 2. The summed E-state index contributed by atoms with van der Waals surface area (Å²) in [5.74, 6) is -0.461. The molecule has 28 heavy (non-hydrogen) atoms. The molecule has 0 fully saturated rings. The van der Waals surface area contributed by atoms with Crippen molar-refractivity contribution < 1.29 is 14.4 Å². The van der Waals surface area contributed by atoms with Crippen molar-refractivity contribution in [2.75, 3.05) is 25.0 Å². The number of anilines is 1. The second-order valence-electron chi connectivity index (χ2n) is 6.12. The molecule has 0 saturated heterocycles. The van der Waals surface area contributed by atoms with E-state index in [-0.39, 0.29) is 30.7 Å². The molecule has 0 saturated carbocycles. The summed E-state index contributed by atoms with van der Waals surface area (Å²) in [6.07, 6.45) is 0.155. The van der Waals surface area contributed by atoms with Crippen molar-refractivity contribution in [2.45, 2.75) is 20.3 Å². The summed E-state index contributed by atoms with van der Waals surface area (Å²) in [5.41, 5.74) is 1.74. The van der Waals surface area contributed by atoms with E-state index in [1.54, 1.807) is 53.4 Å². The number of nitrogens with one attached hydrogen (secondary N) is 2. The van der Waals surface area contributed by atoms with Gasteiger partial charge in [0.2, 0.25) is 5.91 Å². The molecule has 0 heterocycles. The molecule has 0 aliphatic heterocycles. The molecule has 7 heteroatoms. The SMILES string of the molecule is CCN(CC)C(=O)c1ccc(NC(=O)CCNC(=O)c2ccc(Br)cc2)cc1. The molecule has 2 rings (SSSR count). The lowest BCUT2D eigenvalue weighted by atomic mass is 10.1. The van der Waals surface area contributed by atoms with Crippen molar-refractivity contribution in [1.82, 2.24) is 10.2 Å². The number of halogens is 1. The Morgan fingerprint density at radius 1 is 0.893 bits per heavy atom. The fourth-order valence-electron chi connectivity index (χ4n) is 2.61. The molecule has 2 N–H and O–H groups in total. The Morgan fingerprint density at radius 3 is 2.04 bits per heavy atom. The molecule has 0 atom stereocenters. The molecular formula is C21H24BrN3O3. The highest BCUT2D eigenvalue weighted by atomic mass is 79.9. The molecule has 0 aliphatic carbocycles. The van der Waals surface area contributed by atoms with Crippen LogP contribution < -0.4 is 10.6 Å². The fraction of sp³-hybridized carbons (Fsp3) is 0.286. The molecule has 0 aromatic heterocycles. The zero-order valence-corrected chi connectivity index (χ0v) is 17.6. The van der Waals surface area contributed by atoms with E-state index in [1.807, 2.05) is 13.8 Å². The van der Waals surface area contributed by atoms with Crippen LogP contribution in [0.5, 0.6) is 0 Å². The van der Waals surface area contributed by atoms with Crippen molar-refractivity contribution in [3.8, 4) is 0 Å². The molecule has 0 unspecified atom stereocenters. The first-order chi connectivity index (χ1) is 13.4. The topological polar surface area (TPSA) is 78.5 Å². The third kappa shape index (κ3) is 6.20. The van der Waals surface area contributed by atoms with Crippen LogP contribution in [0, 0.1) is 0 Å². The normalized spacial score (nSPS) is 10.2. The molecule has 2 aromatic carbocycles. The number of nitrogens with zero attached hydrogens (tertiary/aromatic N) is 1. The molecule has 0 aliphatic rings. The van der Waals surface area contributed by atoms with Gasteiger partial charge in [0.25, 0.3) is 11.8 Å². The van der Waals surface area contributed by atoms with Gasteiger partial charge in [-0.3, -0.25) is 14.4 Å². The van der Waals surface area contributed by atoms with E-state index in [0.29, 0.717) is 29.9 Å². The smallest absolute Gasteiger partial charge is 0.253 e. The minimum atomic E-state index is -0.223. The van der Waals surface area contributed by atoms with Gasteiger partial charge in [0, 0.05) is 47.3 Å². The summed E-state index contributed by atoms with van der Waals surface area (Å²) < 4.78 is 0.897. The Kier molecular flexibility index (Phi) is 8.19. The fourth-order valence-corrected chi connectivity index (χ4v) is 2.87. The van der Waals surface area contributed by atoms with Gasteiger partial charge < -0.3 is 15.5 Å². The Bertz CT molecular complexity index is 816. The average Bonchev–Trinajstić information content (AvgIpc) is 2.69. The minimum Gasteiger partial charge on any atom is -0.352 e. The van der Waals surface area contributed by atoms with Crippen LogP contribution in [0.15, 0.2) is 53.0 Å². The van der Waals surface area contributed by atoms with E-state index < -0.39 is 0 Å². The van der Waals surface area contributed by atoms with Crippen LogP contribution in [0.3, 0.4) is 0 Å². The minimum absolute atomic E-state index is 0.0291. The monoisotopic (exact) mass is 445 g/mol. The van der Waals surface area contributed by atoms with Gasteiger partial charge in [0.1, 0.15) is 0 Å². The van der Waals surface area contributed by atoms with Crippen molar-refractivity contribution in [1.29, 1.82) is 0 Å². The second-order valence-corrected chi connectivity index (χ2v) is 7.03. The van der Waals surface area contributed by atoms with Gasteiger partial charge in [-0.15, -0.1) is 0 Å². The maximum Gasteiger partial charge on any atom is 0.253 e. The number of hydrogen-bond donors (Lipinski definition) is 2. The molecule has 0 radical (unpaired) electrons. The van der Waals surface area contributed by atoms with E-state index in [9.17, 15) is 14.4 Å². The van der Waals surface area contributed by atoms with Gasteiger partial charge >= 0.3 is 0 Å². The first-order valence-corrected chi connectivity index (χ1v) is 9.96. The second kappa shape index (κ2) is 10.6. The largest absolute Gasteiger partial charge is 0.352 e. The lowest BCUT2D eigenvalue weighted by Crippen LogP contribution is -2.30. The summed E-state index contributed by atoms with van der Waals surface area (Å²) in [6.45, 7) is 5.41. The number of carbonyl (C=O) groups excluding carboxylic acids is 3. The predicted molar refractivity (Wildman–Crippen MR) is 113 cm³/mol. The van der Waals surface area contributed by atoms with E-state index in [4.69, 9.17) is 0 Å². The maximum atomic E-state index is 12.3. The molecule has 148 valence electrons. The van der Waals surface area contributed by atoms with Crippen molar-refractivity contribution in [3.05, 3.63) is 64.1 Å². The van der Waals surface area contributed by atoms with Gasteiger partial charge in [-0.1, -0.05) is 15.9 Å². The molecule has 0 spiro atoms. The standard InChI is InChI=1S/C21H24BrN3O3/c1-3-25(4-2)21(28)16-7-11-18(12-8-16)24-19(26)13-14-23-20(27)15-5-9-17(22)10-6-15/h5-12H,3-4,13-14H2,1-2H3,(H,23,27)(H,24,26).